The predicted molar refractivity (Wildman–Crippen MR) is 131 cm³/mol. The summed E-state index contributed by atoms with van der Waals surface area (Å²) in [5.74, 6) is -1.68. The van der Waals surface area contributed by atoms with Crippen LogP contribution in [0.1, 0.15) is 35.0 Å². The van der Waals surface area contributed by atoms with Gasteiger partial charge in [0.05, 0.1) is 42.5 Å². The number of anilines is 2. The number of esters is 1. The van der Waals surface area contributed by atoms with Crippen molar-refractivity contribution in [3.63, 3.8) is 0 Å². The number of halogens is 2. The molecule has 0 radical (unpaired) electrons. The van der Waals surface area contributed by atoms with Crippen LogP contribution in [0.5, 0.6) is 0 Å². The van der Waals surface area contributed by atoms with Crippen molar-refractivity contribution in [1.29, 1.82) is 5.26 Å². The first-order valence-electron chi connectivity index (χ1n) is 11.1. The van der Waals surface area contributed by atoms with E-state index in [0.29, 0.717) is 29.1 Å². The molecule has 0 unspecified atom stereocenters. The second-order valence-corrected chi connectivity index (χ2v) is 7.89. The minimum atomic E-state index is -2.79. The van der Waals surface area contributed by atoms with Crippen molar-refractivity contribution < 1.29 is 27.9 Å². The summed E-state index contributed by atoms with van der Waals surface area (Å²) < 4.78 is 30.8. The molecule has 0 aliphatic carbocycles. The van der Waals surface area contributed by atoms with E-state index >= 15 is 0 Å². The zero-order valence-corrected chi connectivity index (χ0v) is 20.1. The molecule has 0 bridgehead atoms. The summed E-state index contributed by atoms with van der Waals surface area (Å²) in [6.07, 6.45) is 0.853. The van der Waals surface area contributed by atoms with Gasteiger partial charge in [-0.15, -0.1) is 0 Å². The summed E-state index contributed by atoms with van der Waals surface area (Å²) in [6, 6.07) is 12.9. The zero-order valence-electron chi connectivity index (χ0n) is 20.1. The van der Waals surface area contributed by atoms with E-state index in [2.05, 4.69) is 15.3 Å². The Balaban J connectivity index is 1.73. The third kappa shape index (κ3) is 7.14. The van der Waals surface area contributed by atoms with Crippen molar-refractivity contribution >= 4 is 29.2 Å². The summed E-state index contributed by atoms with van der Waals surface area (Å²) in [5.41, 5.74) is 2.45. The Labute approximate surface area is 211 Å². The van der Waals surface area contributed by atoms with Crippen LogP contribution in [0.25, 0.3) is 11.3 Å². The number of nitrogens with one attached hydrogen (secondary N) is 1. The van der Waals surface area contributed by atoms with Crippen LogP contribution >= 0.6 is 0 Å². The number of carbonyl (C=O) groups is 3. The first-order valence-corrected chi connectivity index (χ1v) is 11.1. The average molecular weight is 507 g/mol. The van der Waals surface area contributed by atoms with Crippen LogP contribution in [0.3, 0.4) is 0 Å². The van der Waals surface area contributed by atoms with E-state index < -0.39 is 24.8 Å². The molecular weight excluding hydrogens is 484 g/mol. The Hall–Kier alpha value is -4.72. The van der Waals surface area contributed by atoms with Gasteiger partial charge in [0.15, 0.2) is 0 Å². The molecule has 9 nitrogen and oxygen atoms in total. The molecule has 3 aromatic rings. The number of amides is 2. The molecule has 0 aliphatic rings. The number of methoxy groups -OCH3 is 1. The molecule has 0 atom stereocenters. The maximum Gasteiger partial charge on any atom is 0.340 e. The fourth-order valence-corrected chi connectivity index (χ4v) is 3.50. The highest BCUT2D eigenvalue weighted by Gasteiger charge is 2.24. The highest BCUT2D eigenvalue weighted by molar-refractivity contribution is 6.03. The Morgan fingerprint density at radius 3 is 2.46 bits per heavy atom. The molecule has 190 valence electrons. The summed E-state index contributed by atoms with van der Waals surface area (Å²) in [7, 11) is 1.15. The van der Waals surface area contributed by atoms with Gasteiger partial charge in [0.2, 0.25) is 11.8 Å². The molecule has 2 heterocycles. The van der Waals surface area contributed by atoms with Gasteiger partial charge >= 0.3 is 5.97 Å². The van der Waals surface area contributed by atoms with Crippen LogP contribution in [-0.4, -0.2) is 47.8 Å². The van der Waals surface area contributed by atoms with Crippen molar-refractivity contribution in [3.05, 3.63) is 71.7 Å². The van der Waals surface area contributed by atoms with Crippen molar-refractivity contribution in [2.24, 2.45) is 0 Å². The zero-order chi connectivity index (χ0) is 26.9. The van der Waals surface area contributed by atoms with Crippen LogP contribution < -0.4 is 10.2 Å². The predicted octanol–water partition coefficient (Wildman–Crippen LogP) is 3.99. The highest BCUT2D eigenvalue weighted by Crippen LogP contribution is 2.29. The maximum atomic E-state index is 13.0. The summed E-state index contributed by atoms with van der Waals surface area (Å²) in [4.78, 5) is 45.7. The summed E-state index contributed by atoms with van der Waals surface area (Å²) in [6.45, 7) is 0.264. The number of rotatable bonds is 9. The van der Waals surface area contributed by atoms with Gasteiger partial charge < -0.3 is 15.0 Å². The van der Waals surface area contributed by atoms with Gasteiger partial charge in [0, 0.05) is 25.1 Å². The molecule has 2 amide bonds. The quantitative estimate of drug-likeness (QED) is 0.434. The number of alkyl halides is 2. The lowest BCUT2D eigenvalue weighted by molar-refractivity contribution is -0.117. The van der Waals surface area contributed by atoms with Gasteiger partial charge in [0.1, 0.15) is 11.8 Å². The molecule has 0 spiro atoms. The largest absolute Gasteiger partial charge is 0.465 e. The molecule has 0 saturated heterocycles. The smallest absolute Gasteiger partial charge is 0.340 e. The van der Waals surface area contributed by atoms with Crippen LogP contribution in [0.4, 0.5) is 20.2 Å². The number of ether oxygens (including phenoxy) is 1. The third-order valence-electron chi connectivity index (χ3n) is 5.32. The Morgan fingerprint density at radius 1 is 1.11 bits per heavy atom. The standard InChI is InChI=1S/C26H23F2N5O4/c1-16(34)33(15-24(27)28)23-9-5-18(11-21(23)26(36)37-2)22-8-7-20(14-31-22)32-25(35)10-4-17-3-6-19(12-29)30-13-17/h3,5-9,11,13-14,24H,4,10,15H2,1-2H3,(H,32,35). The van der Waals surface area contributed by atoms with Crippen molar-refractivity contribution in [3.8, 4) is 17.3 Å². The normalized spacial score (nSPS) is 10.5. The monoisotopic (exact) mass is 507 g/mol. The molecule has 0 aliphatic heterocycles. The highest BCUT2D eigenvalue weighted by atomic mass is 19.3. The molecule has 0 fully saturated rings. The minimum Gasteiger partial charge on any atom is -0.465 e. The number of hydrogen-bond acceptors (Lipinski definition) is 7. The second-order valence-electron chi connectivity index (χ2n) is 7.89. The van der Waals surface area contributed by atoms with Crippen molar-refractivity contribution in [1.82, 2.24) is 9.97 Å². The molecule has 0 saturated carbocycles. The number of carbonyl (C=O) groups excluding carboxylic acids is 3. The fourth-order valence-electron chi connectivity index (χ4n) is 3.50. The number of nitrogens with zero attached hydrogens (tertiary/aromatic N) is 4. The van der Waals surface area contributed by atoms with E-state index in [9.17, 15) is 23.2 Å². The maximum absolute atomic E-state index is 13.0. The van der Waals surface area contributed by atoms with Crippen LogP contribution in [-0.2, 0) is 20.7 Å². The Bertz CT molecular complexity index is 1320. The first-order chi connectivity index (χ1) is 17.7. The van der Waals surface area contributed by atoms with E-state index in [-0.39, 0.29) is 23.6 Å². The Morgan fingerprint density at radius 2 is 1.89 bits per heavy atom. The topological polar surface area (TPSA) is 125 Å². The number of aryl methyl sites for hydroxylation is 1. The van der Waals surface area contributed by atoms with Gasteiger partial charge in [-0.1, -0.05) is 12.1 Å². The van der Waals surface area contributed by atoms with Gasteiger partial charge in [-0.25, -0.2) is 18.6 Å². The molecule has 37 heavy (non-hydrogen) atoms. The van der Waals surface area contributed by atoms with Crippen LogP contribution in [0.2, 0.25) is 0 Å². The van der Waals surface area contributed by atoms with Gasteiger partial charge in [-0.05, 0) is 42.3 Å². The Kier molecular flexibility index (Phi) is 8.94. The third-order valence-corrected chi connectivity index (χ3v) is 5.32. The van der Waals surface area contributed by atoms with Crippen LogP contribution in [0.15, 0.2) is 54.9 Å². The molecule has 11 heteroatoms. The second kappa shape index (κ2) is 12.3. The number of pyridine rings is 2. The summed E-state index contributed by atoms with van der Waals surface area (Å²) in [5, 5.41) is 11.5. The molecule has 1 N–H and O–H groups in total. The minimum absolute atomic E-state index is 0.00440. The average Bonchev–Trinajstić information content (AvgIpc) is 2.90. The number of hydrogen-bond donors (Lipinski definition) is 1. The van der Waals surface area contributed by atoms with E-state index in [1.807, 2.05) is 6.07 Å². The van der Waals surface area contributed by atoms with Crippen LogP contribution in [0, 0.1) is 11.3 Å². The number of aromatic nitrogens is 2. The van der Waals surface area contributed by atoms with E-state index in [4.69, 9.17) is 10.00 Å². The van der Waals surface area contributed by atoms with Crippen molar-refractivity contribution in [2.45, 2.75) is 26.2 Å². The lowest BCUT2D eigenvalue weighted by Gasteiger charge is -2.23. The molecular formula is C26H23F2N5O4. The fraction of sp³-hybridized carbons (Fsp3) is 0.231. The lowest BCUT2D eigenvalue weighted by Crippen LogP contribution is -2.34. The molecule has 1 aromatic carbocycles. The first kappa shape index (κ1) is 26.9. The van der Waals surface area contributed by atoms with Crippen molar-refractivity contribution in [2.75, 3.05) is 23.9 Å². The van der Waals surface area contributed by atoms with Gasteiger partial charge in [0.25, 0.3) is 6.43 Å². The van der Waals surface area contributed by atoms with Gasteiger partial charge in [-0.3, -0.25) is 14.6 Å². The molecule has 3 rings (SSSR count). The number of benzene rings is 1. The SMILES string of the molecule is COC(=O)c1cc(-c2ccc(NC(=O)CCc3ccc(C#N)nc3)cn2)ccc1N(CC(F)F)C(C)=O. The van der Waals surface area contributed by atoms with E-state index in [1.54, 1.807) is 36.5 Å². The van der Waals surface area contributed by atoms with E-state index in [0.717, 1.165) is 24.5 Å². The summed E-state index contributed by atoms with van der Waals surface area (Å²) >= 11 is 0. The number of nitriles is 1. The molecule has 2 aromatic heterocycles. The van der Waals surface area contributed by atoms with Gasteiger partial charge in [-0.2, -0.15) is 5.26 Å². The van der Waals surface area contributed by atoms with E-state index in [1.165, 1.54) is 18.3 Å². The lowest BCUT2D eigenvalue weighted by atomic mass is 10.0.